The van der Waals surface area contributed by atoms with Crippen LogP contribution in [0.2, 0.25) is 0 Å². The molecule has 26 heavy (non-hydrogen) atoms. The number of unbranched alkanes of at least 4 members (excludes halogenated alkanes) is 1. The molecule has 6 nitrogen and oxygen atoms in total. The van der Waals surface area contributed by atoms with E-state index in [0.29, 0.717) is 18.0 Å². The summed E-state index contributed by atoms with van der Waals surface area (Å²) in [5.74, 6) is 0.0252. The smallest absolute Gasteiger partial charge is 0.264 e. The maximum Gasteiger partial charge on any atom is 0.264 e. The number of anilines is 1. The maximum absolute atomic E-state index is 13.2. The van der Waals surface area contributed by atoms with Crippen molar-refractivity contribution in [3.8, 4) is 5.75 Å². The van der Waals surface area contributed by atoms with E-state index >= 15 is 0 Å². The molecule has 0 atom stereocenters. The van der Waals surface area contributed by atoms with Crippen molar-refractivity contribution in [2.24, 2.45) is 0 Å². The van der Waals surface area contributed by atoms with Crippen LogP contribution in [-0.2, 0) is 14.8 Å². The third-order valence-corrected chi connectivity index (χ3v) is 5.60. The van der Waals surface area contributed by atoms with Gasteiger partial charge in [0.05, 0.1) is 17.7 Å². The van der Waals surface area contributed by atoms with Gasteiger partial charge < -0.3 is 10.1 Å². The second kappa shape index (κ2) is 9.24. The van der Waals surface area contributed by atoms with E-state index < -0.39 is 10.0 Å². The van der Waals surface area contributed by atoms with Crippen molar-refractivity contribution >= 4 is 21.6 Å². The molecule has 2 aromatic carbocycles. The minimum Gasteiger partial charge on any atom is -0.495 e. The summed E-state index contributed by atoms with van der Waals surface area (Å²) in [6.45, 7) is 2.22. The van der Waals surface area contributed by atoms with E-state index in [4.69, 9.17) is 4.74 Å². The summed E-state index contributed by atoms with van der Waals surface area (Å²) in [6, 6.07) is 14.8. The molecule has 1 amide bonds. The summed E-state index contributed by atoms with van der Waals surface area (Å²) in [6.07, 6.45) is 1.78. The zero-order chi connectivity index (χ0) is 19.0. The van der Waals surface area contributed by atoms with Crippen LogP contribution in [0.4, 0.5) is 5.69 Å². The van der Waals surface area contributed by atoms with Gasteiger partial charge in [-0.3, -0.25) is 9.10 Å². The number of hydrogen-bond acceptors (Lipinski definition) is 4. The fourth-order valence-corrected chi connectivity index (χ4v) is 3.90. The predicted molar refractivity (Wildman–Crippen MR) is 102 cm³/mol. The summed E-state index contributed by atoms with van der Waals surface area (Å²) in [5.41, 5.74) is 0.324. The Kier molecular flexibility index (Phi) is 7.03. The summed E-state index contributed by atoms with van der Waals surface area (Å²) < 4.78 is 32.7. The van der Waals surface area contributed by atoms with Crippen LogP contribution < -0.4 is 14.4 Å². The van der Waals surface area contributed by atoms with Crippen molar-refractivity contribution in [2.45, 2.75) is 24.7 Å². The van der Waals surface area contributed by atoms with Crippen LogP contribution in [0.5, 0.6) is 5.75 Å². The molecular weight excluding hydrogens is 352 g/mol. The average molecular weight is 376 g/mol. The average Bonchev–Trinajstić information content (AvgIpc) is 2.67. The molecule has 0 bridgehead atoms. The SMILES string of the molecule is CCCCNC(=O)CN(c1ccccc1OC)S(=O)(=O)c1ccccc1. The topological polar surface area (TPSA) is 75.7 Å². The molecule has 0 spiro atoms. The largest absolute Gasteiger partial charge is 0.495 e. The summed E-state index contributed by atoms with van der Waals surface area (Å²) >= 11 is 0. The van der Waals surface area contributed by atoms with Crippen molar-refractivity contribution in [3.05, 3.63) is 54.6 Å². The second-order valence-electron chi connectivity index (χ2n) is 5.70. The van der Waals surface area contributed by atoms with E-state index in [9.17, 15) is 13.2 Å². The number of hydrogen-bond donors (Lipinski definition) is 1. The van der Waals surface area contributed by atoms with Crippen LogP contribution in [0.25, 0.3) is 0 Å². The number of ether oxygens (including phenoxy) is 1. The molecular formula is C19H24N2O4S. The first-order chi connectivity index (χ1) is 12.5. The van der Waals surface area contributed by atoms with Crippen molar-refractivity contribution < 1.29 is 17.9 Å². The zero-order valence-corrected chi connectivity index (χ0v) is 15.8. The molecule has 140 valence electrons. The van der Waals surface area contributed by atoms with Crippen molar-refractivity contribution in [1.82, 2.24) is 5.32 Å². The number of carbonyl (C=O) groups is 1. The minimum absolute atomic E-state index is 0.118. The van der Waals surface area contributed by atoms with E-state index in [1.54, 1.807) is 42.5 Å². The molecule has 0 aliphatic rings. The predicted octanol–water partition coefficient (Wildman–Crippen LogP) is 2.81. The van der Waals surface area contributed by atoms with Crippen LogP contribution in [0.15, 0.2) is 59.5 Å². The Morgan fingerprint density at radius 3 is 2.38 bits per heavy atom. The second-order valence-corrected chi connectivity index (χ2v) is 7.56. The van der Waals surface area contributed by atoms with Gasteiger partial charge in [0.25, 0.3) is 10.0 Å². The zero-order valence-electron chi connectivity index (χ0n) is 15.0. The van der Waals surface area contributed by atoms with Crippen molar-refractivity contribution in [1.29, 1.82) is 0 Å². The van der Waals surface area contributed by atoms with Gasteiger partial charge in [0, 0.05) is 6.54 Å². The minimum atomic E-state index is -3.92. The molecule has 0 unspecified atom stereocenters. The molecule has 0 saturated heterocycles. The number of sulfonamides is 1. The Bertz CT molecular complexity index is 822. The Morgan fingerprint density at radius 1 is 1.08 bits per heavy atom. The third-order valence-electron chi connectivity index (χ3n) is 3.82. The van der Waals surface area contributed by atoms with Crippen molar-refractivity contribution in [2.75, 3.05) is 24.5 Å². The molecule has 0 heterocycles. The number of amides is 1. The molecule has 7 heteroatoms. The Morgan fingerprint density at radius 2 is 1.73 bits per heavy atom. The fraction of sp³-hybridized carbons (Fsp3) is 0.316. The molecule has 0 fully saturated rings. The highest BCUT2D eigenvalue weighted by molar-refractivity contribution is 7.92. The van der Waals surface area contributed by atoms with Crippen LogP contribution in [0.3, 0.4) is 0 Å². The van der Waals surface area contributed by atoms with Gasteiger partial charge in [-0.1, -0.05) is 43.7 Å². The first-order valence-electron chi connectivity index (χ1n) is 8.48. The normalized spacial score (nSPS) is 11.0. The lowest BCUT2D eigenvalue weighted by Gasteiger charge is -2.25. The van der Waals surface area contributed by atoms with Crippen molar-refractivity contribution in [3.63, 3.8) is 0 Å². The number of rotatable bonds is 9. The fourth-order valence-electron chi connectivity index (χ4n) is 2.45. The summed E-state index contributed by atoms with van der Waals surface area (Å²) in [4.78, 5) is 12.4. The highest BCUT2D eigenvalue weighted by Crippen LogP contribution is 2.31. The molecule has 0 aromatic heterocycles. The number of methoxy groups -OCH3 is 1. The summed E-state index contributed by atoms with van der Waals surface area (Å²) in [7, 11) is -2.45. The maximum atomic E-state index is 13.2. The molecule has 0 aliphatic heterocycles. The van der Waals surface area contributed by atoms with E-state index in [2.05, 4.69) is 5.32 Å². The van der Waals surface area contributed by atoms with Gasteiger partial charge in [0.15, 0.2) is 0 Å². The van der Waals surface area contributed by atoms with Crippen LogP contribution in [-0.4, -0.2) is 34.5 Å². The van der Waals surface area contributed by atoms with E-state index in [1.165, 1.54) is 19.2 Å². The van der Waals surface area contributed by atoms with E-state index in [1.807, 2.05) is 6.92 Å². The standard InChI is InChI=1S/C19H24N2O4S/c1-3-4-14-20-19(22)15-21(17-12-8-9-13-18(17)25-2)26(23,24)16-10-6-5-7-11-16/h5-13H,3-4,14-15H2,1-2H3,(H,20,22). The number of benzene rings is 2. The van der Waals surface area contributed by atoms with Gasteiger partial charge in [0.2, 0.25) is 5.91 Å². The van der Waals surface area contributed by atoms with Gasteiger partial charge in [-0.25, -0.2) is 8.42 Å². The molecule has 0 saturated carbocycles. The number of nitrogens with zero attached hydrogens (tertiary/aromatic N) is 1. The Labute approximate surface area is 154 Å². The van der Waals surface area contributed by atoms with Gasteiger partial charge in [-0.15, -0.1) is 0 Å². The third kappa shape index (κ3) is 4.76. The lowest BCUT2D eigenvalue weighted by Crippen LogP contribution is -2.41. The lowest BCUT2D eigenvalue weighted by atomic mass is 10.3. The monoisotopic (exact) mass is 376 g/mol. The Hall–Kier alpha value is -2.54. The van der Waals surface area contributed by atoms with Gasteiger partial charge >= 0.3 is 0 Å². The number of carbonyl (C=O) groups excluding carboxylic acids is 1. The Balaban J connectivity index is 2.40. The molecule has 2 aromatic rings. The van der Waals surface area contributed by atoms with E-state index in [-0.39, 0.29) is 17.3 Å². The number of para-hydroxylation sites is 2. The van der Waals surface area contributed by atoms with Gasteiger partial charge in [-0.05, 0) is 30.7 Å². The molecule has 0 aliphatic carbocycles. The van der Waals surface area contributed by atoms with Crippen LogP contribution >= 0.6 is 0 Å². The first-order valence-corrected chi connectivity index (χ1v) is 9.92. The lowest BCUT2D eigenvalue weighted by molar-refractivity contribution is -0.119. The highest BCUT2D eigenvalue weighted by Gasteiger charge is 2.29. The van der Waals surface area contributed by atoms with E-state index in [0.717, 1.165) is 17.1 Å². The van der Waals surface area contributed by atoms with Gasteiger partial charge in [0.1, 0.15) is 12.3 Å². The van der Waals surface area contributed by atoms with Crippen LogP contribution in [0.1, 0.15) is 19.8 Å². The first kappa shape index (κ1) is 19.8. The van der Waals surface area contributed by atoms with Crippen LogP contribution in [0, 0.1) is 0 Å². The highest BCUT2D eigenvalue weighted by atomic mass is 32.2. The molecule has 0 radical (unpaired) electrons. The number of nitrogens with one attached hydrogen (secondary N) is 1. The van der Waals surface area contributed by atoms with Gasteiger partial charge in [-0.2, -0.15) is 0 Å². The molecule has 2 rings (SSSR count). The summed E-state index contributed by atoms with van der Waals surface area (Å²) in [5, 5.41) is 2.76. The quantitative estimate of drug-likeness (QED) is 0.683. The molecule has 1 N–H and O–H groups in total.